The minimum atomic E-state index is -3.95. The molecule has 0 aliphatic heterocycles. The van der Waals surface area contributed by atoms with Crippen LogP contribution < -0.4 is 0 Å². The summed E-state index contributed by atoms with van der Waals surface area (Å²) >= 11 is 0. The predicted octanol–water partition coefficient (Wildman–Crippen LogP) is 1.18. The molecule has 1 rings (SSSR count). The van der Waals surface area contributed by atoms with Crippen LogP contribution in [0.25, 0.3) is 0 Å². The van der Waals surface area contributed by atoms with Crippen LogP contribution in [-0.4, -0.2) is 25.0 Å². The minimum Gasteiger partial charge on any atom is -0.360 e. The van der Waals surface area contributed by atoms with Crippen LogP contribution in [0, 0.1) is 0 Å². The molecule has 0 amide bonds. The molecule has 1 fully saturated rings. The number of hydrogen-bond donors (Lipinski definition) is 1. The van der Waals surface area contributed by atoms with Crippen LogP contribution in [0.2, 0.25) is 0 Å². The molecule has 0 aromatic heterocycles. The van der Waals surface area contributed by atoms with E-state index < -0.39 is 16.1 Å². The lowest BCUT2D eigenvalue weighted by molar-refractivity contribution is 0.0540. The molecule has 1 aliphatic carbocycles. The number of ether oxygens (including phenoxy) is 1. The smallest absolute Gasteiger partial charge is 0.289 e. The molecule has 5 heteroatoms. The maximum atomic E-state index is 10.3. The Labute approximate surface area is 72.7 Å². The van der Waals surface area contributed by atoms with E-state index in [0.29, 0.717) is 0 Å². The van der Waals surface area contributed by atoms with Crippen molar-refractivity contribution in [3.63, 3.8) is 0 Å². The van der Waals surface area contributed by atoms with Gasteiger partial charge in [0.15, 0.2) is 5.94 Å². The molecule has 4 nitrogen and oxygen atoms in total. The van der Waals surface area contributed by atoms with Gasteiger partial charge in [0.2, 0.25) is 0 Å². The van der Waals surface area contributed by atoms with Gasteiger partial charge in [0.05, 0.1) is 6.10 Å². The van der Waals surface area contributed by atoms with Crippen molar-refractivity contribution in [3.05, 3.63) is 0 Å². The van der Waals surface area contributed by atoms with Crippen molar-refractivity contribution in [2.24, 2.45) is 0 Å². The van der Waals surface area contributed by atoms with Gasteiger partial charge in [-0.2, -0.15) is 8.42 Å². The maximum Gasteiger partial charge on any atom is 0.289 e. The van der Waals surface area contributed by atoms with Crippen molar-refractivity contribution in [2.45, 2.75) is 38.2 Å². The summed E-state index contributed by atoms with van der Waals surface area (Å²) in [6, 6.07) is 0. The van der Waals surface area contributed by atoms with Crippen LogP contribution in [0.1, 0.15) is 32.1 Å². The van der Waals surface area contributed by atoms with E-state index >= 15 is 0 Å². The van der Waals surface area contributed by atoms with Crippen LogP contribution in [0.15, 0.2) is 0 Å². The molecule has 0 saturated heterocycles. The van der Waals surface area contributed by atoms with Gasteiger partial charge in [0, 0.05) is 0 Å². The normalized spacial score (nSPS) is 21.1. The summed E-state index contributed by atoms with van der Waals surface area (Å²) in [6.45, 7) is 0. The first-order chi connectivity index (χ1) is 5.58. The third-order valence-electron chi connectivity index (χ3n) is 2.00. The molecule has 0 bridgehead atoms. The topological polar surface area (TPSA) is 63.6 Å². The van der Waals surface area contributed by atoms with Gasteiger partial charge in [0.25, 0.3) is 10.1 Å². The monoisotopic (exact) mass is 194 g/mol. The van der Waals surface area contributed by atoms with Gasteiger partial charge >= 0.3 is 0 Å². The van der Waals surface area contributed by atoms with Crippen LogP contribution in [0.3, 0.4) is 0 Å². The lowest BCUT2D eigenvalue weighted by atomic mass is 9.98. The van der Waals surface area contributed by atoms with Crippen LogP contribution in [0.5, 0.6) is 0 Å². The second kappa shape index (κ2) is 4.20. The first-order valence-corrected chi connectivity index (χ1v) is 5.75. The van der Waals surface area contributed by atoms with Gasteiger partial charge in [-0.05, 0) is 12.8 Å². The van der Waals surface area contributed by atoms with Crippen molar-refractivity contribution in [1.82, 2.24) is 0 Å². The van der Waals surface area contributed by atoms with Gasteiger partial charge in [-0.1, -0.05) is 19.3 Å². The average Bonchev–Trinajstić information content (AvgIpc) is 2.02. The van der Waals surface area contributed by atoms with E-state index in [-0.39, 0.29) is 6.10 Å². The molecule has 0 heterocycles. The predicted molar refractivity (Wildman–Crippen MR) is 44.4 cm³/mol. The summed E-state index contributed by atoms with van der Waals surface area (Å²) in [5.74, 6) is -0.558. The Morgan fingerprint density at radius 2 is 1.83 bits per heavy atom. The molecular weight excluding hydrogens is 180 g/mol. The summed E-state index contributed by atoms with van der Waals surface area (Å²) < 4.78 is 34.0. The van der Waals surface area contributed by atoms with E-state index in [4.69, 9.17) is 9.29 Å². The largest absolute Gasteiger partial charge is 0.360 e. The fraction of sp³-hybridized carbons (Fsp3) is 1.00. The standard InChI is InChI=1S/C7H14O4S/c8-12(9,10)6-11-7-4-2-1-3-5-7/h7H,1-6H2,(H,8,9,10). The Balaban J connectivity index is 2.22. The Morgan fingerprint density at radius 3 is 2.33 bits per heavy atom. The summed E-state index contributed by atoms with van der Waals surface area (Å²) in [7, 11) is -3.95. The maximum absolute atomic E-state index is 10.3. The fourth-order valence-corrected chi connectivity index (χ4v) is 1.78. The van der Waals surface area contributed by atoms with Gasteiger partial charge in [-0.3, -0.25) is 4.55 Å². The molecule has 0 spiro atoms. The third kappa shape index (κ3) is 4.04. The molecule has 12 heavy (non-hydrogen) atoms. The van der Waals surface area contributed by atoms with Crippen LogP contribution >= 0.6 is 0 Å². The number of hydrogen-bond acceptors (Lipinski definition) is 3. The van der Waals surface area contributed by atoms with Crippen LogP contribution in [0.4, 0.5) is 0 Å². The molecule has 1 N–H and O–H groups in total. The first kappa shape index (κ1) is 9.95. The second-order valence-corrected chi connectivity index (χ2v) is 4.53. The first-order valence-electron chi connectivity index (χ1n) is 4.15. The van der Waals surface area contributed by atoms with Crippen molar-refractivity contribution in [2.75, 3.05) is 5.94 Å². The molecule has 0 unspecified atom stereocenters. The number of rotatable bonds is 3. The van der Waals surface area contributed by atoms with E-state index in [1.807, 2.05) is 0 Å². The summed E-state index contributed by atoms with van der Waals surface area (Å²) in [4.78, 5) is 0. The van der Waals surface area contributed by atoms with Crippen molar-refractivity contribution in [3.8, 4) is 0 Å². The Bertz CT molecular complexity index is 216. The van der Waals surface area contributed by atoms with E-state index in [1.54, 1.807) is 0 Å². The van der Waals surface area contributed by atoms with E-state index in [0.717, 1.165) is 25.7 Å². The van der Waals surface area contributed by atoms with E-state index in [9.17, 15) is 8.42 Å². The Kier molecular flexibility index (Phi) is 3.49. The molecule has 0 aromatic carbocycles. The highest BCUT2D eigenvalue weighted by molar-refractivity contribution is 7.85. The van der Waals surface area contributed by atoms with Gasteiger partial charge in [-0.25, -0.2) is 0 Å². The van der Waals surface area contributed by atoms with Crippen molar-refractivity contribution < 1.29 is 17.7 Å². The summed E-state index contributed by atoms with van der Waals surface area (Å²) in [5, 5.41) is 0. The Morgan fingerprint density at radius 1 is 1.25 bits per heavy atom. The highest BCUT2D eigenvalue weighted by Crippen LogP contribution is 2.20. The third-order valence-corrected chi connectivity index (χ3v) is 2.44. The van der Waals surface area contributed by atoms with Gasteiger partial charge < -0.3 is 4.74 Å². The van der Waals surface area contributed by atoms with Crippen molar-refractivity contribution >= 4 is 10.1 Å². The lowest BCUT2D eigenvalue weighted by Crippen LogP contribution is -2.20. The molecular formula is C7H14O4S. The highest BCUT2D eigenvalue weighted by atomic mass is 32.2. The highest BCUT2D eigenvalue weighted by Gasteiger charge is 2.16. The zero-order chi connectivity index (χ0) is 9.03. The zero-order valence-electron chi connectivity index (χ0n) is 6.90. The molecule has 0 atom stereocenters. The van der Waals surface area contributed by atoms with E-state index in [1.165, 1.54) is 6.42 Å². The molecule has 1 saturated carbocycles. The molecule has 72 valence electrons. The van der Waals surface area contributed by atoms with E-state index in [2.05, 4.69) is 0 Å². The molecule has 0 aromatic rings. The fourth-order valence-electron chi connectivity index (χ4n) is 1.41. The molecule has 1 aliphatic rings. The summed E-state index contributed by atoms with van der Waals surface area (Å²) in [5.41, 5.74) is 0. The van der Waals surface area contributed by atoms with Crippen LogP contribution in [-0.2, 0) is 14.9 Å². The second-order valence-electron chi connectivity index (χ2n) is 3.13. The quantitative estimate of drug-likeness (QED) is 0.685. The van der Waals surface area contributed by atoms with Gasteiger partial charge in [-0.15, -0.1) is 0 Å². The lowest BCUT2D eigenvalue weighted by Gasteiger charge is -2.20. The molecule has 0 radical (unpaired) electrons. The van der Waals surface area contributed by atoms with Crippen molar-refractivity contribution in [1.29, 1.82) is 0 Å². The SMILES string of the molecule is O=S(=O)(O)COC1CCCCC1. The average molecular weight is 194 g/mol. The minimum absolute atomic E-state index is 0.0284. The zero-order valence-corrected chi connectivity index (χ0v) is 7.72. The summed E-state index contributed by atoms with van der Waals surface area (Å²) in [6.07, 6.45) is 5.24. The van der Waals surface area contributed by atoms with Gasteiger partial charge in [0.1, 0.15) is 0 Å². The Hall–Kier alpha value is -0.130.